The average Bonchev–Trinajstić information content (AvgIpc) is 2.52. The minimum absolute atomic E-state index is 0.110. The number of aliphatic hydroxyl groups is 1. The molecule has 23 heavy (non-hydrogen) atoms. The second kappa shape index (κ2) is 6.40. The summed E-state index contributed by atoms with van der Waals surface area (Å²) in [7, 11) is 3.23. The number of aliphatic hydroxyl groups excluding tert-OH is 1. The number of benzene rings is 1. The van der Waals surface area contributed by atoms with E-state index in [-0.39, 0.29) is 17.6 Å². The molecule has 1 aliphatic heterocycles. The quantitative estimate of drug-likeness (QED) is 0.924. The molecule has 2 aliphatic rings. The van der Waals surface area contributed by atoms with Crippen LogP contribution in [0.15, 0.2) is 18.2 Å². The lowest BCUT2D eigenvalue weighted by Gasteiger charge is -2.54. The molecule has 1 unspecified atom stereocenters. The summed E-state index contributed by atoms with van der Waals surface area (Å²) in [5.74, 6) is 1.54. The van der Waals surface area contributed by atoms with Crippen LogP contribution in [0.2, 0.25) is 0 Å². The summed E-state index contributed by atoms with van der Waals surface area (Å²) in [6.45, 7) is 0.645. The number of rotatable bonds is 4. The first-order chi connectivity index (χ1) is 11.1. The van der Waals surface area contributed by atoms with Crippen LogP contribution in [0.3, 0.4) is 0 Å². The molecule has 0 radical (unpaired) electrons. The molecule has 1 N–H and O–H groups in total. The molecule has 2 fully saturated rings. The fourth-order valence-corrected chi connectivity index (χ4v) is 3.89. The molecule has 1 heterocycles. The first-order valence-electron chi connectivity index (χ1n) is 8.27. The third-order valence-electron chi connectivity index (χ3n) is 5.29. The van der Waals surface area contributed by atoms with Gasteiger partial charge in [-0.15, -0.1) is 0 Å². The van der Waals surface area contributed by atoms with Crippen LogP contribution in [0.5, 0.6) is 11.5 Å². The Balaban J connectivity index is 1.78. The molecule has 1 aliphatic carbocycles. The zero-order chi connectivity index (χ0) is 16.4. The maximum absolute atomic E-state index is 12.9. The SMILES string of the molecule is COc1ccc(OC)c(CC(=O)N2CCC(O)CC23CCC3)c1. The summed E-state index contributed by atoms with van der Waals surface area (Å²) in [6, 6.07) is 5.53. The van der Waals surface area contributed by atoms with Crippen molar-refractivity contribution in [2.75, 3.05) is 20.8 Å². The number of carbonyl (C=O) groups is 1. The Kier molecular flexibility index (Phi) is 4.48. The van der Waals surface area contributed by atoms with E-state index in [0.29, 0.717) is 31.6 Å². The van der Waals surface area contributed by atoms with Crippen LogP contribution >= 0.6 is 0 Å². The van der Waals surface area contributed by atoms with E-state index in [9.17, 15) is 9.90 Å². The van der Waals surface area contributed by atoms with Gasteiger partial charge in [0.1, 0.15) is 11.5 Å². The Hall–Kier alpha value is -1.75. The van der Waals surface area contributed by atoms with E-state index in [1.807, 2.05) is 23.1 Å². The molecular weight excluding hydrogens is 294 g/mol. The predicted octanol–water partition coefficient (Wildman–Crippen LogP) is 2.15. The van der Waals surface area contributed by atoms with E-state index < -0.39 is 0 Å². The Morgan fingerprint density at radius 2 is 2.13 bits per heavy atom. The lowest BCUT2D eigenvalue weighted by molar-refractivity contribution is -0.148. The smallest absolute Gasteiger partial charge is 0.227 e. The molecule has 1 aromatic rings. The van der Waals surface area contributed by atoms with Gasteiger partial charge in [-0.25, -0.2) is 0 Å². The number of hydrogen-bond donors (Lipinski definition) is 1. The second-order valence-electron chi connectivity index (χ2n) is 6.62. The minimum Gasteiger partial charge on any atom is -0.497 e. The van der Waals surface area contributed by atoms with Gasteiger partial charge >= 0.3 is 0 Å². The number of methoxy groups -OCH3 is 2. The van der Waals surface area contributed by atoms with Crippen molar-refractivity contribution in [3.63, 3.8) is 0 Å². The van der Waals surface area contributed by atoms with Gasteiger partial charge in [0, 0.05) is 17.6 Å². The Labute approximate surface area is 137 Å². The van der Waals surface area contributed by atoms with Crippen molar-refractivity contribution in [1.82, 2.24) is 4.90 Å². The van der Waals surface area contributed by atoms with E-state index in [0.717, 1.165) is 30.6 Å². The summed E-state index contributed by atoms with van der Waals surface area (Å²) in [6.07, 6.45) is 4.56. The van der Waals surface area contributed by atoms with Crippen molar-refractivity contribution in [2.24, 2.45) is 0 Å². The van der Waals surface area contributed by atoms with Crippen LogP contribution < -0.4 is 9.47 Å². The van der Waals surface area contributed by atoms with E-state index in [1.165, 1.54) is 0 Å². The molecule has 126 valence electrons. The van der Waals surface area contributed by atoms with E-state index in [1.54, 1.807) is 14.2 Å². The van der Waals surface area contributed by atoms with Gasteiger partial charge in [-0.2, -0.15) is 0 Å². The highest BCUT2D eigenvalue weighted by Gasteiger charge is 2.48. The standard InChI is InChI=1S/C18H25NO4/c1-22-15-4-5-16(23-2)13(10-15)11-17(21)19-9-6-14(20)12-18(19)7-3-8-18/h4-5,10,14,20H,3,6-9,11-12H2,1-2H3. The van der Waals surface area contributed by atoms with Crippen LogP contribution in [0, 0.1) is 0 Å². The normalized spacial score (nSPS) is 22.6. The number of ether oxygens (including phenoxy) is 2. The zero-order valence-electron chi connectivity index (χ0n) is 13.9. The molecule has 5 nitrogen and oxygen atoms in total. The van der Waals surface area contributed by atoms with Crippen molar-refractivity contribution >= 4 is 5.91 Å². The molecule has 1 saturated carbocycles. The van der Waals surface area contributed by atoms with Gasteiger partial charge in [-0.3, -0.25) is 4.79 Å². The third-order valence-corrected chi connectivity index (χ3v) is 5.29. The van der Waals surface area contributed by atoms with Crippen molar-refractivity contribution in [1.29, 1.82) is 0 Å². The first-order valence-corrected chi connectivity index (χ1v) is 8.27. The highest BCUT2D eigenvalue weighted by Crippen LogP contribution is 2.44. The van der Waals surface area contributed by atoms with Gasteiger partial charge in [0.05, 0.1) is 26.7 Å². The molecular formula is C18H25NO4. The Morgan fingerprint density at radius 3 is 2.74 bits per heavy atom. The third kappa shape index (κ3) is 3.02. The number of carbonyl (C=O) groups excluding carboxylic acids is 1. The van der Waals surface area contributed by atoms with Crippen molar-refractivity contribution < 1.29 is 19.4 Å². The Morgan fingerprint density at radius 1 is 1.35 bits per heavy atom. The van der Waals surface area contributed by atoms with Gasteiger partial charge in [0.15, 0.2) is 0 Å². The number of hydrogen-bond acceptors (Lipinski definition) is 4. The lowest BCUT2D eigenvalue weighted by atomic mass is 9.69. The Bertz CT molecular complexity index is 582. The molecule has 0 bridgehead atoms. The summed E-state index contributed by atoms with van der Waals surface area (Å²) in [5, 5.41) is 9.98. The van der Waals surface area contributed by atoms with Crippen molar-refractivity contribution in [3.8, 4) is 11.5 Å². The van der Waals surface area contributed by atoms with E-state index in [4.69, 9.17) is 9.47 Å². The fourth-order valence-electron chi connectivity index (χ4n) is 3.89. The molecule has 1 saturated heterocycles. The van der Waals surface area contributed by atoms with Crippen LogP contribution in [-0.2, 0) is 11.2 Å². The van der Waals surface area contributed by atoms with Gasteiger partial charge in [0.2, 0.25) is 5.91 Å². The highest BCUT2D eigenvalue weighted by molar-refractivity contribution is 5.80. The summed E-state index contributed by atoms with van der Waals surface area (Å²) in [5.41, 5.74) is 0.735. The number of amides is 1. The summed E-state index contributed by atoms with van der Waals surface area (Å²) >= 11 is 0. The van der Waals surface area contributed by atoms with Crippen LogP contribution in [0.4, 0.5) is 0 Å². The number of piperidine rings is 1. The van der Waals surface area contributed by atoms with Gasteiger partial charge in [-0.05, 0) is 50.3 Å². The first kappa shape index (κ1) is 16.1. The molecule has 1 amide bonds. The van der Waals surface area contributed by atoms with Crippen LogP contribution in [-0.4, -0.2) is 48.3 Å². The molecule has 5 heteroatoms. The van der Waals surface area contributed by atoms with Gasteiger partial charge in [0.25, 0.3) is 0 Å². The molecule has 1 aromatic carbocycles. The van der Waals surface area contributed by atoms with Crippen LogP contribution in [0.1, 0.15) is 37.7 Å². The van der Waals surface area contributed by atoms with Crippen LogP contribution in [0.25, 0.3) is 0 Å². The maximum atomic E-state index is 12.9. The zero-order valence-corrected chi connectivity index (χ0v) is 13.9. The highest BCUT2D eigenvalue weighted by atomic mass is 16.5. The number of likely N-dealkylation sites (tertiary alicyclic amines) is 1. The molecule has 1 spiro atoms. The summed E-state index contributed by atoms with van der Waals surface area (Å²) < 4.78 is 10.6. The largest absolute Gasteiger partial charge is 0.497 e. The predicted molar refractivity (Wildman–Crippen MR) is 86.8 cm³/mol. The molecule has 3 rings (SSSR count). The monoisotopic (exact) mass is 319 g/mol. The summed E-state index contributed by atoms with van der Waals surface area (Å²) in [4.78, 5) is 14.9. The van der Waals surface area contributed by atoms with E-state index in [2.05, 4.69) is 0 Å². The van der Waals surface area contributed by atoms with Crippen molar-refractivity contribution in [3.05, 3.63) is 23.8 Å². The fraction of sp³-hybridized carbons (Fsp3) is 0.611. The van der Waals surface area contributed by atoms with Gasteiger partial charge in [-0.1, -0.05) is 0 Å². The molecule has 0 aromatic heterocycles. The average molecular weight is 319 g/mol. The topological polar surface area (TPSA) is 59.0 Å². The number of nitrogens with zero attached hydrogens (tertiary/aromatic N) is 1. The lowest BCUT2D eigenvalue weighted by Crippen LogP contribution is -2.61. The maximum Gasteiger partial charge on any atom is 0.227 e. The van der Waals surface area contributed by atoms with Crippen molar-refractivity contribution in [2.45, 2.75) is 50.2 Å². The second-order valence-corrected chi connectivity index (χ2v) is 6.62. The molecule has 1 atom stereocenters. The van der Waals surface area contributed by atoms with Gasteiger partial charge < -0.3 is 19.5 Å². The minimum atomic E-state index is -0.272. The van der Waals surface area contributed by atoms with E-state index >= 15 is 0 Å².